The minimum Gasteiger partial charge on any atom is -0.493 e. The molecule has 1 heterocycles. The lowest BCUT2D eigenvalue weighted by Gasteiger charge is -2.33. The number of halogens is 1. The maximum absolute atomic E-state index is 5.37. The first-order valence-electron chi connectivity index (χ1n) is 9.74. The molecule has 28 heavy (non-hydrogen) atoms. The van der Waals surface area contributed by atoms with Crippen LogP contribution in [0.15, 0.2) is 23.2 Å². The minimum absolute atomic E-state index is 0. The summed E-state index contributed by atoms with van der Waals surface area (Å²) in [7, 11) is 5.47. The van der Waals surface area contributed by atoms with Crippen LogP contribution < -0.4 is 20.1 Å². The highest BCUT2D eigenvalue weighted by molar-refractivity contribution is 14.0. The lowest BCUT2D eigenvalue weighted by atomic mass is 10.1. The summed E-state index contributed by atoms with van der Waals surface area (Å²) in [5.74, 6) is 2.71. The van der Waals surface area contributed by atoms with Crippen molar-refractivity contribution < 1.29 is 9.47 Å². The Hall–Kier alpha value is -1.26. The monoisotopic (exact) mass is 505 g/mol. The van der Waals surface area contributed by atoms with Gasteiger partial charge in [-0.3, -0.25) is 4.99 Å². The van der Waals surface area contributed by atoms with E-state index in [2.05, 4.69) is 41.3 Å². The number of methoxy groups -OCH3 is 2. The lowest BCUT2D eigenvalue weighted by molar-refractivity contribution is 0.140. The van der Waals surface area contributed by atoms with E-state index in [9.17, 15) is 0 Å². The Bertz CT molecular complexity index is 606. The molecular formula is C20H36IN5O2. The fourth-order valence-electron chi connectivity index (χ4n) is 3.13. The van der Waals surface area contributed by atoms with E-state index in [0.717, 1.165) is 57.5 Å². The Balaban J connectivity index is 0.00000392. The van der Waals surface area contributed by atoms with E-state index in [1.165, 1.54) is 0 Å². The van der Waals surface area contributed by atoms with Gasteiger partial charge < -0.3 is 29.9 Å². The van der Waals surface area contributed by atoms with Crippen LogP contribution in [0.2, 0.25) is 0 Å². The normalized spacial score (nSPS) is 16.8. The zero-order valence-corrected chi connectivity index (χ0v) is 20.2. The van der Waals surface area contributed by atoms with Gasteiger partial charge in [-0.15, -0.1) is 24.0 Å². The Morgan fingerprint density at radius 3 is 2.43 bits per heavy atom. The average Bonchev–Trinajstić information content (AvgIpc) is 2.68. The van der Waals surface area contributed by atoms with Crippen LogP contribution in [-0.2, 0) is 0 Å². The third-order valence-corrected chi connectivity index (χ3v) is 4.72. The molecule has 0 bridgehead atoms. The van der Waals surface area contributed by atoms with E-state index in [0.29, 0.717) is 17.4 Å². The van der Waals surface area contributed by atoms with Gasteiger partial charge in [0.2, 0.25) is 0 Å². The van der Waals surface area contributed by atoms with E-state index < -0.39 is 0 Å². The van der Waals surface area contributed by atoms with Crippen LogP contribution in [0.4, 0.5) is 5.69 Å². The SMILES string of the molecule is CCNC(=NCC(C)CN1CCN(C)CC1)Nc1ccc(OC)c(OC)c1.I. The predicted molar refractivity (Wildman–Crippen MR) is 128 cm³/mol. The highest BCUT2D eigenvalue weighted by Crippen LogP contribution is 2.29. The van der Waals surface area contributed by atoms with Crippen molar-refractivity contribution in [2.75, 3.05) is 72.4 Å². The van der Waals surface area contributed by atoms with Crippen molar-refractivity contribution in [3.05, 3.63) is 18.2 Å². The first-order chi connectivity index (χ1) is 13.0. The summed E-state index contributed by atoms with van der Waals surface area (Å²) >= 11 is 0. The first-order valence-corrected chi connectivity index (χ1v) is 9.74. The largest absolute Gasteiger partial charge is 0.493 e. The number of hydrogen-bond acceptors (Lipinski definition) is 5. The number of benzene rings is 1. The summed E-state index contributed by atoms with van der Waals surface area (Å²) in [5.41, 5.74) is 0.916. The number of likely N-dealkylation sites (N-methyl/N-ethyl adjacent to an activating group) is 1. The molecule has 1 aliphatic rings. The summed E-state index contributed by atoms with van der Waals surface area (Å²) in [4.78, 5) is 9.69. The molecule has 0 saturated carbocycles. The molecule has 1 saturated heterocycles. The number of guanidine groups is 1. The maximum atomic E-state index is 5.37. The van der Waals surface area contributed by atoms with E-state index >= 15 is 0 Å². The quantitative estimate of drug-likeness (QED) is 0.322. The number of anilines is 1. The van der Waals surface area contributed by atoms with E-state index in [-0.39, 0.29) is 24.0 Å². The molecule has 0 spiro atoms. The van der Waals surface area contributed by atoms with Crippen molar-refractivity contribution in [3.8, 4) is 11.5 Å². The second-order valence-electron chi connectivity index (χ2n) is 7.12. The average molecular weight is 505 g/mol. The van der Waals surface area contributed by atoms with Crippen molar-refractivity contribution in [2.45, 2.75) is 13.8 Å². The molecule has 7 nitrogen and oxygen atoms in total. The van der Waals surface area contributed by atoms with Gasteiger partial charge in [-0.05, 0) is 32.0 Å². The van der Waals surface area contributed by atoms with Gasteiger partial charge in [-0.1, -0.05) is 6.92 Å². The van der Waals surface area contributed by atoms with Crippen LogP contribution in [0.1, 0.15) is 13.8 Å². The van der Waals surface area contributed by atoms with Gasteiger partial charge in [-0.25, -0.2) is 0 Å². The summed E-state index contributed by atoms with van der Waals surface area (Å²) < 4.78 is 10.7. The molecule has 1 aromatic carbocycles. The molecule has 0 amide bonds. The molecule has 0 radical (unpaired) electrons. The summed E-state index contributed by atoms with van der Waals surface area (Å²) in [5, 5.41) is 6.66. The van der Waals surface area contributed by atoms with Crippen molar-refractivity contribution in [2.24, 2.45) is 10.9 Å². The van der Waals surface area contributed by atoms with Crippen LogP contribution in [0, 0.1) is 5.92 Å². The van der Waals surface area contributed by atoms with Gasteiger partial charge in [0.1, 0.15) is 0 Å². The van der Waals surface area contributed by atoms with Crippen LogP contribution >= 0.6 is 24.0 Å². The molecule has 1 unspecified atom stereocenters. The number of nitrogens with zero attached hydrogens (tertiary/aromatic N) is 3. The zero-order chi connectivity index (χ0) is 19.6. The third kappa shape index (κ3) is 8.00. The maximum Gasteiger partial charge on any atom is 0.195 e. The molecular weight excluding hydrogens is 469 g/mol. The molecule has 1 fully saturated rings. The first kappa shape index (κ1) is 24.8. The third-order valence-electron chi connectivity index (χ3n) is 4.72. The molecule has 1 atom stereocenters. The number of ether oxygens (including phenoxy) is 2. The molecule has 2 rings (SSSR count). The Morgan fingerprint density at radius 1 is 1.14 bits per heavy atom. The van der Waals surface area contributed by atoms with Crippen molar-refractivity contribution in [3.63, 3.8) is 0 Å². The summed E-state index contributed by atoms with van der Waals surface area (Å²) in [6, 6.07) is 5.77. The Morgan fingerprint density at radius 2 is 1.82 bits per heavy atom. The van der Waals surface area contributed by atoms with Crippen molar-refractivity contribution in [1.29, 1.82) is 0 Å². The number of piperazine rings is 1. The van der Waals surface area contributed by atoms with E-state index in [1.54, 1.807) is 14.2 Å². The fraction of sp³-hybridized carbons (Fsp3) is 0.650. The second-order valence-corrected chi connectivity index (χ2v) is 7.12. The fourth-order valence-corrected chi connectivity index (χ4v) is 3.13. The second kappa shape index (κ2) is 13.1. The van der Waals surface area contributed by atoms with Gasteiger partial charge in [0.05, 0.1) is 14.2 Å². The van der Waals surface area contributed by atoms with Gasteiger partial charge in [0.15, 0.2) is 17.5 Å². The zero-order valence-electron chi connectivity index (χ0n) is 17.8. The topological polar surface area (TPSA) is 61.4 Å². The number of nitrogens with one attached hydrogen (secondary N) is 2. The highest BCUT2D eigenvalue weighted by Gasteiger charge is 2.16. The molecule has 2 N–H and O–H groups in total. The van der Waals surface area contributed by atoms with E-state index in [1.807, 2.05) is 18.2 Å². The molecule has 8 heteroatoms. The molecule has 0 aromatic heterocycles. The Labute approximate surface area is 186 Å². The van der Waals surface area contributed by atoms with Gasteiger partial charge >= 0.3 is 0 Å². The van der Waals surface area contributed by atoms with E-state index in [4.69, 9.17) is 14.5 Å². The minimum atomic E-state index is 0. The molecule has 160 valence electrons. The van der Waals surface area contributed by atoms with Gasteiger partial charge in [0.25, 0.3) is 0 Å². The summed E-state index contributed by atoms with van der Waals surface area (Å²) in [6.07, 6.45) is 0. The van der Waals surface area contributed by atoms with Gasteiger partial charge in [-0.2, -0.15) is 0 Å². The highest BCUT2D eigenvalue weighted by atomic mass is 127. The summed E-state index contributed by atoms with van der Waals surface area (Å²) in [6.45, 7) is 11.6. The van der Waals surface area contributed by atoms with Gasteiger partial charge in [0, 0.05) is 57.6 Å². The van der Waals surface area contributed by atoms with Crippen LogP contribution in [0.3, 0.4) is 0 Å². The van der Waals surface area contributed by atoms with Crippen LogP contribution in [-0.4, -0.2) is 82.8 Å². The number of hydrogen-bond donors (Lipinski definition) is 2. The molecule has 1 aromatic rings. The number of aliphatic imine (C=N–C) groups is 1. The number of rotatable bonds is 8. The molecule has 0 aliphatic carbocycles. The van der Waals surface area contributed by atoms with Crippen molar-refractivity contribution >= 4 is 35.6 Å². The Kier molecular flexibility index (Phi) is 11.6. The van der Waals surface area contributed by atoms with Crippen molar-refractivity contribution in [1.82, 2.24) is 15.1 Å². The lowest BCUT2D eigenvalue weighted by Crippen LogP contribution is -2.46. The van der Waals surface area contributed by atoms with Crippen LogP contribution in [0.25, 0.3) is 0 Å². The van der Waals surface area contributed by atoms with Crippen LogP contribution in [0.5, 0.6) is 11.5 Å². The smallest absolute Gasteiger partial charge is 0.195 e. The molecule has 1 aliphatic heterocycles. The predicted octanol–water partition coefficient (Wildman–Crippen LogP) is 2.58. The standard InChI is InChI=1S/C20H35N5O2.HI/c1-6-21-20(23-17-7-8-18(26-4)19(13-17)27-5)22-14-16(2)15-25-11-9-24(3)10-12-25;/h7-8,13,16H,6,9-12,14-15H2,1-5H3,(H2,21,22,23);1H.